The minimum Gasteiger partial charge on any atom is -0.353 e. The standard InChI is InChI=1S/C23H33N3O/c1-6-16(7-2)24-23(27)15-11-19-17-9-8-10-20-22(17)18(14(3)26(20)5)12-21(19)25(4)13-15/h8-10,15-16,19,21H,6-7,11-13H2,1-5H3,(H,24,27)/t15-,19?,21-/m1/s1. The average Bonchev–Trinajstić information content (AvgIpc) is 2.92. The van der Waals surface area contributed by atoms with Gasteiger partial charge in [0.15, 0.2) is 0 Å². The molecule has 2 aliphatic rings. The van der Waals surface area contributed by atoms with E-state index >= 15 is 0 Å². The van der Waals surface area contributed by atoms with Crippen LogP contribution in [0.25, 0.3) is 10.9 Å². The molecule has 1 amide bonds. The van der Waals surface area contributed by atoms with Crippen molar-refractivity contribution in [2.45, 2.75) is 64.5 Å². The molecule has 1 saturated heterocycles. The smallest absolute Gasteiger partial charge is 0.224 e. The lowest BCUT2D eigenvalue weighted by Gasteiger charge is -2.45. The van der Waals surface area contributed by atoms with Gasteiger partial charge in [-0.3, -0.25) is 4.79 Å². The molecule has 2 aromatic rings. The van der Waals surface area contributed by atoms with Gasteiger partial charge >= 0.3 is 0 Å². The fourth-order valence-corrected chi connectivity index (χ4v) is 5.46. The summed E-state index contributed by atoms with van der Waals surface area (Å²) >= 11 is 0. The summed E-state index contributed by atoms with van der Waals surface area (Å²) in [4.78, 5) is 15.4. The number of aromatic nitrogens is 1. The first-order chi connectivity index (χ1) is 13.0. The topological polar surface area (TPSA) is 37.3 Å². The third-order valence-corrected chi connectivity index (χ3v) is 7.27. The van der Waals surface area contributed by atoms with Gasteiger partial charge in [-0.15, -0.1) is 0 Å². The highest BCUT2D eigenvalue weighted by molar-refractivity contribution is 5.90. The highest BCUT2D eigenvalue weighted by Gasteiger charge is 2.42. The van der Waals surface area contributed by atoms with Gasteiger partial charge in [0.2, 0.25) is 5.91 Å². The number of carbonyl (C=O) groups excluding carboxylic acids is 1. The number of hydrogen-bond acceptors (Lipinski definition) is 2. The highest BCUT2D eigenvalue weighted by Crippen LogP contribution is 2.45. The van der Waals surface area contributed by atoms with E-state index in [9.17, 15) is 4.79 Å². The molecule has 2 heterocycles. The fraction of sp³-hybridized carbons (Fsp3) is 0.609. The summed E-state index contributed by atoms with van der Waals surface area (Å²) in [5, 5.41) is 4.74. The molecule has 1 aromatic heterocycles. The second kappa shape index (κ2) is 6.97. The Kier molecular flexibility index (Phi) is 4.79. The zero-order chi connectivity index (χ0) is 19.3. The van der Waals surface area contributed by atoms with Crippen LogP contribution < -0.4 is 5.32 Å². The molecule has 1 fully saturated rings. The van der Waals surface area contributed by atoms with Gasteiger partial charge in [-0.05, 0) is 56.8 Å². The van der Waals surface area contributed by atoms with E-state index in [-0.39, 0.29) is 11.8 Å². The summed E-state index contributed by atoms with van der Waals surface area (Å²) in [6.45, 7) is 7.41. The number of amides is 1. The number of carbonyl (C=O) groups is 1. The Labute approximate surface area is 162 Å². The monoisotopic (exact) mass is 367 g/mol. The van der Waals surface area contributed by atoms with Crippen molar-refractivity contribution in [1.82, 2.24) is 14.8 Å². The number of fused-ring (bicyclic) bond motifs is 2. The summed E-state index contributed by atoms with van der Waals surface area (Å²) in [5.74, 6) is 0.772. The number of likely N-dealkylation sites (tertiary alicyclic amines) is 1. The first kappa shape index (κ1) is 18.5. The van der Waals surface area contributed by atoms with E-state index in [4.69, 9.17) is 0 Å². The van der Waals surface area contributed by atoms with Crippen molar-refractivity contribution >= 4 is 16.8 Å². The number of nitrogens with zero attached hydrogens (tertiary/aromatic N) is 2. The van der Waals surface area contributed by atoms with Crippen LogP contribution in [0.1, 0.15) is 55.8 Å². The molecule has 0 spiro atoms. The molecule has 0 saturated carbocycles. The first-order valence-electron chi connectivity index (χ1n) is 10.5. The number of aryl methyl sites for hydroxylation is 1. The summed E-state index contributed by atoms with van der Waals surface area (Å²) in [6.07, 6.45) is 4.07. The van der Waals surface area contributed by atoms with Crippen molar-refractivity contribution in [3.05, 3.63) is 35.0 Å². The normalized spacial score (nSPS) is 25.0. The van der Waals surface area contributed by atoms with Crippen LogP contribution in [0.2, 0.25) is 0 Å². The average molecular weight is 368 g/mol. The maximum atomic E-state index is 13.0. The third kappa shape index (κ3) is 2.89. The van der Waals surface area contributed by atoms with Crippen LogP contribution in [0, 0.1) is 12.8 Å². The van der Waals surface area contributed by atoms with E-state index in [0.29, 0.717) is 18.0 Å². The van der Waals surface area contributed by atoms with Gasteiger partial charge in [0.25, 0.3) is 0 Å². The number of nitrogens with one attached hydrogen (secondary N) is 1. The molecule has 3 atom stereocenters. The van der Waals surface area contributed by atoms with Crippen LogP contribution in [0.5, 0.6) is 0 Å². The largest absolute Gasteiger partial charge is 0.353 e. The second-order valence-electron chi connectivity index (χ2n) is 8.64. The van der Waals surface area contributed by atoms with Crippen LogP contribution in [0.4, 0.5) is 0 Å². The Bertz CT molecular complexity index is 864. The van der Waals surface area contributed by atoms with E-state index in [2.05, 4.69) is 67.8 Å². The van der Waals surface area contributed by atoms with E-state index in [1.807, 2.05) is 0 Å². The zero-order valence-electron chi connectivity index (χ0n) is 17.4. The van der Waals surface area contributed by atoms with E-state index in [1.165, 1.54) is 27.7 Å². The van der Waals surface area contributed by atoms with Gasteiger partial charge in [0, 0.05) is 48.2 Å². The maximum Gasteiger partial charge on any atom is 0.224 e. The summed E-state index contributed by atoms with van der Waals surface area (Å²) in [7, 11) is 4.38. The van der Waals surface area contributed by atoms with E-state index < -0.39 is 0 Å². The maximum absolute atomic E-state index is 13.0. The number of likely N-dealkylation sites (N-methyl/N-ethyl adjacent to an activating group) is 1. The molecular weight excluding hydrogens is 334 g/mol. The molecule has 1 unspecified atom stereocenters. The van der Waals surface area contributed by atoms with Gasteiger partial charge in [0.05, 0.1) is 5.92 Å². The Morgan fingerprint density at radius 3 is 2.70 bits per heavy atom. The Hall–Kier alpha value is -1.81. The number of benzene rings is 1. The van der Waals surface area contributed by atoms with E-state index in [1.54, 1.807) is 0 Å². The Morgan fingerprint density at radius 1 is 1.26 bits per heavy atom. The quantitative estimate of drug-likeness (QED) is 0.894. The molecule has 0 bridgehead atoms. The van der Waals surface area contributed by atoms with Gasteiger partial charge < -0.3 is 14.8 Å². The fourth-order valence-electron chi connectivity index (χ4n) is 5.46. The predicted octanol–water partition coefficient (Wildman–Crippen LogP) is 3.75. The van der Waals surface area contributed by atoms with E-state index in [0.717, 1.165) is 32.2 Å². The van der Waals surface area contributed by atoms with Crippen molar-refractivity contribution < 1.29 is 4.79 Å². The number of hydrogen-bond donors (Lipinski definition) is 1. The summed E-state index contributed by atoms with van der Waals surface area (Å²) < 4.78 is 2.34. The molecule has 1 aliphatic heterocycles. The summed E-state index contributed by atoms with van der Waals surface area (Å²) in [6, 6.07) is 7.54. The molecule has 4 heteroatoms. The molecule has 1 N–H and O–H groups in total. The van der Waals surface area contributed by atoms with Crippen molar-refractivity contribution in [2.24, 2.45) is 13.0 Å². The SMILES string of the molecule is CCC(CC)NC(=O)[C@@H]1CC2c3cccc4c3c(c(C)n4C)C[C@H]2N(C)C1. The second-order valence-corrected chi connectivity index (χ2v) is 8.64. The molecule has 4 nitrogen and oxygen atoms in total. The molecule has 1 aromatic carbocycles. The molecule has 27 heavy (non-hydrogen) atoms. The van der Waals surface area contributed by atoms with Gasteiger partial charge in [-0.25, -0.2) is 0 Å². The molecule has 1 aliphatic carbocycles. The minimum atomic E-state index is 0.0819. The first-order valence-corrected chi connectivity index (χ1v) is 10.5. The highest BCUT2D eigenvalue weighted by atomic mass is 16.2. The van der Waals surface area contributed by atoms with Crippen LogP contribution in [0.15, 0.2) is 18.2 Å². The number of piperidine rings is 1. The zero-order valence-corrected chi connectivity index (χ0v) is 17.4. The Balaban J connectivity index is 1.68. The molecule has 146 valence electrons. The van der Waals surface area contributed by atoms with Crippen LogP contribution in [-0.4, -0.2) is 41.1 Å². The molecular formula is C23H33N3O. The van der Waals surface area contributed by atoms with Crippen molar-refractivity contribution in [1.29, 1.82) is 0 Å². The van der Waals surface area contributed by atoms with Crippen molar-refractivity contribution in [2.75, 3.05) is 13.6 Å². The lowest BCUT2D eigenvalue weighted by molar-refractivity contribution is -0.128. The minimum absolute atomic E-state index is 0.0819. The lowest BCUT2D eigenvalue weighted by Crippen LogP contribution is -2.52. The van der Waals surface area contributed by atoms with Gasteiger partial charge in [-0.2, -0.15) is 0 Å². The van der Waals surface area contributed by atoms with Gasteiger partial charge in [0.1, 0.15) is 0 Å². The lowest BCUT2D eigenvalue weighted by atomic mass is 9.72. The van der Waals surface area contributed by atoms with Crippen LogP contribution >= 0.6 is 0 Å². The predicted molar refractivity (Wildman–Crippen MR) is 111 cm³/mol. The number of rotatable bonds is 4. The third-order valence-electron chi connectivity index (χ3n) is 7.27. The molecule has 0 radical (unpaired) electrons. The van der Waals surface area contributed by atoms with Crippen molar-refractivity contribution in [3.8, 4) is 0 Å². The van der Waals surface area contributed by atoms with Crippen molar-refractivity contribution in [3.63, 3.8) is 0 Å². The van der Waals surface area contributed by atoms with Crippen LogP contribution in [0.3, 0.4) is 0 Å². The molecule has 4 rings (SSSR count). The van der Waals surface area contributed by atoms with Crippen LogP contribution in [-0.2, 0) is 18.3 Å². The summed E-state index contributed by atoms with van der Waals surface area (Å²) in [5.41, 5.74) is 5.69. The van der Waals surface area contributed by atoms with Gasteiger partial charge in [-0.1, -0.05) is 26.0 Å². The Morgan fingerprint density at radius 2 is 2.00 bits per heavy atom.